The molecule has 8 heteroatoms. The van der Waals surface area contributed by atoms with Gasteiger partial charge in [0.05, 0.1) is 6.04 Å². The fraction of sp³-hybridized carbons (Fsp3) is 0.214. The Labute approximate surface area is 207 Å². The lowest BCUT2D eigenvalue weighted by Crippen LogP contribution is -2.48. The van der Waals surface area contributed by atoms with Crippen molar-refractivity contribution in [2.75, 3.05) is 31.1 Å². The summed E-state index contributed by atoms with van der Waals surface area (Å²) in [6.07, 6.45) is -1.31. The summed E-state index contributed by atoms with van der Waals surface area (Å²) in [5, 5.41) is 0. The molecule has 0 N–H and O–H groups in total. The molecule has 0 bridgehead atoms. The quantitative estimate of drug-likeness (QED) is 0.334. The number of hydrogen-bond donors (Lipinski definition) is 0. The number of piperazine rings is 1. The van der Waals surface area contributed by atoms with Gasteiger partial charge in [0.1, 0.15) is 5.75 Å². The molecule has 1 fully saturated rings. The van der Waals surface area contributed by atoms with E-state index in [0.29, 0.717) is 5.95 Å². The van der Waals surface area contributed by atoms with Gasteiger partial charge in [-0.05, 0) is 28.8 Å². The summed E-state index contributed by atoms with van der Waals surface area (Å²) >= 11 is 0. The van der Waals surface area contributed by atoms with Gasteiger partial charge in [0.25, 0.3) is 0 Å². The third-order valence-corrected chi connectivity index (χ3v) is 6.25. The molecule has 0 aliphatic carbocycles. The van der Waals surface area contributed by atoms with Crippen molar-refractivity contribution >= 4 is 5.95 Å². The average Bonchev–Trinajstić information content (AvgIpc) is 2.90. The molecule has 1 aromatic heterocycles. The second kappa shape index (κ2) is 10.4. The number of anilines is 1. The number of alkyl halides is 3. The van der Waals surface area contributed by atoms with Crippen molar-refractivity contribution in [3.63, 3.8) is 0 Å². The number of hydrogen-bond acceptors (Lipinski definition) is 5. The Morgan fingerprint density at radius 1 is 0.667 bits per heavy atom. The highest BCUT2D eigenvalue weighted by Gasteiger charge is 2.31. The Morgan fingerprint density at radius 2 is 1.19 bits per heavy atom. The predicted octanol–water partition coefficient (Wildman–Crippen LogP) is 5.95. The highest BCUT2D eigenvalue weighted by molar-refractivity contribution is 5.63. The van der Waals surface area contributed by atoms with Crippen LogP contribution >= 0.6 is 0 Å². The lowest BCUT2D eigenvalue weighted by atomic mass is 9.96. The van der Waals surface area contributed by atoms with Gasteiger partial charge >= 0.3 is 6.36 Å². The van der Waals surface area contributed by atoms with Crippen LogP contribution in [0.3, 0.4) is 0 Å². The van der Waals surface area contributed by atoms with Gasteiger partial charge in [0.15, 0.2) is 0 Å². The third kappa shape index (κ3) is 5.66. The summed E-state index contributed by atoms with van der Waals surface area (Å²) in [6, 6.07) is 27.0. The molecule has 0 saturated carbocycles. The molecule has 36 heavy (non-hydrogen) atoms. The second-order valence-corrected chi connectivity index (χ2v) is 8.59. The first-order chi connectivity index (χ1) is 17.5. The second-order valence-electron chi connectivity index (χ2n) is 8.59. The number of nitrogens with zero attached hydrogens (tertiary/aromatic N) is 4. The minimum absolute atomic E-state index is 0.183. The largest absolute Gasteiger partial charge is 0.573 e. The van der Waals surface area contributed by atoms with Crippen LogP contribution in [0, 0.1) is 0 Å². The van der Waals surface area contributed by atoms with Crippen molar-refractivity contribution in [1.29, 1.82) is 0 Å². The van der Waals surface area contributed by atoms with Crippen molar-refractivity contribution in [1.82, 2.24) is 14.9 Å². The Kier molecular flexibility index (Phi) is 6.86. The maximum Gasteiger partial charge on any atom is 0.573 e. The first-order valence-corrected chi connectivity index (χ1v) is 11.7. The molecule has 1 aliphatic rings. The van der Waals surface area contributed by atoms with Crippen LogP contribution in [0.1, 0.15) is 17.2 Å². The van der Waals surface area contributed by atoms with Gasteiger partial charge in [-0.2, -0.15) is 0 Å². The lowest BCUT2D eigenvalue weighted by molar-refractivity contribution is -0.274. The minimum Gasteiger partial charge on any atom is -0.406 e. The van der Waals surface area contributed by atoms with E-state index < -0.39 is 6.36 Å². The van der Waals surface area contributed by atoms with Crippen molar-refractivity contribution in [2.24, 2.45) is 0 Å². The summed E-state index contributed by atoms with van der Waals surface area (Å²) in [6.45, 7) is 3.30. The predicted molar refractivity (Wildman–Crippen MR) is 133 cm³/mol. The van der Waals surface area contributed by atoms with E-state index >= 15 is 0 Å². The molecule has 2 heterocycles. The summed E-state index contributed by atoms with van der Waals surface area (Å²) in [5.74, 6) is 0.386. The first-order valence-electron chi connectivity index (χ1n) is 11.7. The summed E-state index contributed by atoms with van der Waals surface area (Å²) < 4.78 is 41.1. The molecule has 0 atom stereocenters. The molecule has 3 aromatic carbocycles. The monoisotopic (exact) mass is 490 g/mol. The van der Waals surface area contributed by atoms with Crippen LogP contribution in [-0.4, -0.2) is 47.4 Å². The standard InChI is InChI=1S/C28H25F3N4O/c29-28(30,31)36-25-13-11-21(12-14-25)24-19-32-27(33-20-24)35-17-15-34(16-18-35)26(22-7-3-1-4-8-22)23-9-5-2-6-10-23/h1-14,19-20,26H,15-18H2. The molecule has 184 valence electrons. The lowest BCUT2D eigenvalue weighted by Gasteiger charge is -2.39. The van der Waals surface area contributed by atoms with Gasteiger partial charge in [0, 0.05) is 44.1 Å². The fourth-order valence-corrected chi connectivity index (χ4v) is 4.55. The molecular weight excluding hydrogens is 465 g/mol. The number of rotatable bonds is 6. The minimum atomic E-state index is -4.71. The van der Waals surface area contributed by atoms with E-state index in [1.807, 2.05) is 12.1 Å². The first kappa shape index (κ1) is 23.8. The van der Waals surface area contributed by atoms with Crippen LogP contribution < -0.4 is 9.64 Å². The maximum absolute atomic E-state index is 12.4. The molecule has 0 radical (unpaired) electrons. The molecule has 0 spiro atoms. The normalized spacial score (nSPS) is 14.7. The molecule has 0 amide bonds. The number of aromatic nitrogens is 2. The molecule has 4 aromatic rings. The van der Waals surface area contributed by atoms with Crippen LogP contribution in [0.2, 0.25) is 0 Å². The number of benzene rings is 3. The van der Waals surface area contributed by atoms with Gasteiger partial charge in [-0.3, -0.25) is 4.90 Å². The van der Waals surface area contributed by atoms with Crippen molar-refractivity contribution in [3.05, 3.63) is 108 Å². The molecule has 5 rings (SSSR count). The van der Waals surface area contributed by atoms with E-state index in [4.69, 9.17) is 0 Å². The van der Waals surface area contributed by atoms with Crippen molar-refractivity contribution in [3.8, 4) is 16.9 Å². The SMILES string of the molecule is FC(F)(F)Oc1ccc(-c2cnc(N3CCN(C(c4ccccc4)c4ccccc4)CC3)nc2)cc1. The Hall–Kier alpha value is -3.91. The van der Waals surface area contributed by atoms with Gasteiger partial charge in [-0.1, -0.05) is 72.8 Å². The summed E-state index contributed by atoms with van der Waals surface area (Å²) in [4.78, 5) is 13.7. The zero-order valence-electron chi connectivity index (χ0n) is 19.5. The Morgan fingerprint density at radius 3 is 1.69 bits per heavy atom. The topological polar surface area (TPSA) is 41.5 Å². The molecule has 1 aliphatic heterocycles. The van der Waals surface area contributed by atoms with Crippen LogP contribution in [0.25, 0.3) is 11.1 Å². The molecule has 5 nitrogen and oxygen atoms in total. The smallest absolute Gasteiger partial charge is 0.406 e. The Bertz CT molecular complexity index is 1200. The third-order valence-electron chi connectivity index (χ3n) is 6.25. The summed E-state index contributed by atoms with van der Waals surface area (Å²) in [7, 11) is 0. The van der Waals surface area contributed by atoms with Crippen molar-refractivity contribution < 1.29 is 17.9 Å². The number of halogens is 3. The molecule has 0 unspecified atom stereocenters. The zero-order chi connectivity index (χ0) is 25.0. The van der Waals surface area contributed by atoms with Crippen LogP contribution in [0.15, 0.2) is 97.3 Å². The maximum atomic E-state index is 12.4. The number of ether oxygens (including phenoxy) is 1. The van der Waals surface area contributed by atoms with Crippen molar-refractivity contribution in [2.45, 2.75) is 12.4 Å². The van der Waals surface area contributed by atoms with Gasteiger partial charge in [0.2, 0.25) is 5.95 Å². The highest BCUT2D eigenvalue weighted by Crippen LogP contribution is 2.30. The van der Waals surface area contributed by atoms with E-state index in [1.54, 1.807) is 24.5 Å². The van der Waals surface area contributed by atoms with Gasteiger partial charge in [-0.25, -0.2) is 9.97 Å². The average molecular weight is 491 g/mol. The highest BCUT2D eigenvalue weighted by atomic mass is 19.4. The molecular formula is C28H25F3N4O. The van der Waals surface area contributed by atoms with E-state index in [2.05, 4.69) is 73.0 Å². The van der Waals surface area contributed by atoms with Gasteiger partial charge < -0.3 is 9.64 Å². The molecule has 1 saturated heterocycles. The van der Waals surface area contributed by atoms with Crippen LogP contribution in [-0.2, 0) is 0 Å². The fourth-order valence-electron chi connectivity index (χ4n) is 4.55. The van der Waals surface area contributed by atoms with Crippen LogP contribution in [0.5, 0.6) is 5.75 Å². The van der Waals surface area contributed by atoms with Gasteiger partial charge in [-0.15, -0.1) is 13.2 Å². The van der Waals surface area contributed by atoms with E-state index in [0.717, 1.165) is 37.3 Å². The summed E-state index contributed by atoms with van der Waals surface area (Å²) in [5.41, 5.74) is 3.98. The van der Waals surface area contributed by atoms with E-state index in [1.165, 1.54) is 23.3 Å². The van der Waals surface area contributed by atoms with Crippen LogP contribution in [0.4, 0.5) is 19.1 Å². The van der Waals surface area contributed by atoms with E-state index in [9.17, 15) is 13.2 Å². The Balaban J connectivity index is 1.25. The van der Waals surface area contributed by atoms with E-state index in [-0.39, 0.29) is 11.8 Å². The zero-order valence-corrected chi connectivity index (χ0v) is 19.5.